The lowest BCUT2D eigenvalue weighted by molar-refractivity contribution is 0.188. The molecule has 0 radical (unpaired) electrons. The quantitative estimate of drug-likeness (QED) is 0.756. The summed E-state index contributed by atoms with van der Waals surface area (Å²) in [4.78, 5) is 2.50. The van der Waals surface area contributed by atoms with Crippen molar-refractivity contribution in [2.24, 2.45) is 0 Å². The van der Waals surface area contributed by atoms with E-state index >= 15 is 0 Å². The van der Waals surface area contributed by atoms with Gasteiger partial charge in [-0.3, -0.25) is 4.90 Å². The topological polar surface area (TPSA) is 41.3 Å². The van der Waals surface area contributed by atoms with Gasteiger partial charge in [-0.25, -0.2) is 0 Å². The predicted molar refractivity (Wildman–Crippen MR) is 68.2 cm³/mol. The molecule has 1 saturated heterocycles. The van der Waals surface area contributed by atoms with Crippen LogP contribution in [0.3, 0.4) is 0 Å². The first-order valence-corrected chi connectivity index (χ1v) is 6.02. The van der Waals surface area contributed by atoms with Gasteiger partial charge in [0, 0.05) is 24.8 Å². The van der Waals surface area contributed by atoms with E-state index in [2.05, 4.69) is 29.4 Å². The van der Waals surface area contributed by atoms with E-state index in [-0.39, 0.29) is 0 Å². The Hall–Kier alpha value is -1.06. The Morgan fingerprint density at radius 1 is 1.50 bits per heavy atom. The lowest BCUT2D eigenvalue weighted by Crippen LogP contribution is -2.43. The highest BCUT2D eigenvalue weighted by Gasteiger charge is 2.18. The second-order valence-electron chi connectivity index (χ2n) is 4.61. The molecule has 3 heteroatoms. The molecule has 1 unspecified atom stereocenters. The molecule has 1 aliphatic heterocycles. The fourth-order valence-electron chi connectivity index (χ4n) is 2.38. The molecule has 1 atom stereocenters. The van der Waals surface area contributed by atoms with Crippen molar-refractivity contribution in [2.45, 2.75) is 25.4 Å². The molecule has 3 nitrogen and oxygen atoms in total. The molecule has 0 amide bonds. The number of anilines is 1. The molecule has 1 heterocycles. The average Bonchev–Trinajstić information content (AvgIpc) is 2.29. The minimum Gasteiger partial charge on any atom is -0.399 e. The summed E-state index contributed by atoms with van der Waals surface area (Å²) >= 11 is 0. The number of rotatable bonds is 3. The third kappa shape index (κ3) is 2.97. The van der Waals surface area contributed by atoms with Gasteiger partial charge in [-0.15, -0.1) is 0 Å². The van der Waals surface area contributed by atoms with Gasteiger partial charge in [0.1, 0.15) is 0 Å². The second kappa shape index (κ2) is 5.32. The minimum atomic E-state index is 0.648. The molecule has 3 N–H and O–H groups in total. The Labute approximate surface area is 97.6 Å². The monoisotopic (exact) mass is 219 g/mol. The summed E-state index contributed by atoms with van der Waals surface area (Å²) in [6.07, 6.45) is 2.58. The zero-order valence-corrected chi connectivity index (χ0v) is 9.95. The third-order valence-corrected chi connectivity index (χ3v) is 3.27. The van der Waals surface area contributed by atoms with Crippen LogP contribution in [0.1, 0.15) is 18.4 Å². The molecule has 1 aromatic rings. The molecule has 88 valence electrons. The van der Waals surface area contributed by atoms with E-state index in [1.807, 2.05) is 12.1 Å². The third-order valence-electron chi connectivity index (χ3n) is 3.27. The Balaban J connectivity index is 1.94. The summed E-state index contributed by atoms with van der Waals surface area (Å²) in [5, 5.41) is 3.36. The molecule has 0 aliphatic carbocycles. The fourth-order valence-corrected chi connectivity index (χ4v) is 2.38. The highest BCUT2D eigenvalue weighted by molar-refractivity contribution is 5.40. The fraction of sp³-hybridized carbons (Fsp3) is 0.538. The van der Waals surface area contributed by atoms with Crippen LogP contribution in [-0.2, 0) is 6.54 Å². The number of likely N-dealkylation sites (tertiary alicyclic amines) is 1. The molecule has 0 aromatic heterocycles. The van der Waals surface area contributed by atoms with Gasteiger partial charge in [-0.2, -0.15) is 0 Å². The van der Waals surface area contributed by atoms with Gasteiger partial charge < -0.3 is 11.1 Å². The van der Waals surface area contributed by atoms with Gasteiger partial charge in [0.15, 0.2) is 0 Å². The van der Waals surface area contributed by atoms with Crippen LogP contribution in [0.25, 0.3) is 0 Å². The number of hydrogen-bond donors (Lipinski definition) is 2. The van der Waals surface area contributed by atoms with E-state index in [0.29, 0.717) is 6.04 Å². The number of piperidine rings is 1. The summed E-state index contributed by atoms with van der Waals surface area (Å²) in [6, 6.07) is 8.85. The zero-order chi connectivity index (χ0) is 11.4. The maximum atomic E-state index is 5.79. The van der Waals surface area contributed by atoms with Gasteiger partial charge in [0.2, 0.25) is 0 Å². The Morgan fingerprint density at radius 3 is 3.12 bits per heavy atom. The standard InChI is InChI=1S/C13H21N3/c1-15-13-6-3-7-16(10-13)9-11-4-2-5-12(14)8-11/h2,4-5,8,13,15H,3,6-7,9-10,14H2,1H3. The summed E-state index contributed by atoms with van der Waals surface area (Å²) < 4.78 is 0. The van der Waals surface area contributed by atoms with E-state index in [0.717, 1.165) is 18.8 Å². The van der Waals surface area contributed by atoms with Crippen LogP contribution >= 0.6 is 0 Å². The van der Waals surface area contributed by atoms with Gasteiger partial charge >= 0.3 is 0 Å². The highest BCUT2D eigenvalue weighted by atomic mass is 15.2. The van der Waals surface area contributed by atoms with Crippen molar-refractivity contribution in [3.8, 4) is 0 Å². The Kier molecular flexibility index (Phi) is 3.80. The van der Waals surface area contributed by atoms with Crippen LogP contribution in [0.2, 0.25) is 0 Å². The number of nitrogens with zero attached hydrogens (tertiary/aromatic N) is 1. The lowest BCUT2D eigenvalue weighted by Gasteiger charge is -2.32. The van der Waals surface area contributed by atoms with E-state index in [9.17, 15) is 0 Å². The first-order chi connectivity index (χ1) is 7.78. The molecule has 0 bridgehead atoms. The molecule has 0 saturated carbocycles. The van der Waals surface area contributed by atoms with E-state index < -0.39 is 0 Å². The van der Waals surface area contributed by atoms with Crippen LogP contribution in [0.4, 0.5) is 5.69 Å². The normalized spacial score (nSPS) is 22.2. The van der Waals surface area contributed by atoms with Crippen LogP contribution in [0.5, 0.6) is 0 Å². The van der Waals surface area contributed by atoms with Gasteiger partial charge in [0.25, 0.3) is 0 Å². The van der Waals surface area contributed by atoms with Gasteiger partial charge in [-0.1, -0.05) is 12.1 Å². The first-order valence-electron chi connectivity index (χ1n) is 6.02. The van der Waals surface area contributed by atoms with E-state index in [4.69, 9.17) is 5.73 Å². The summed E-state index contributed by atoms with van der Waals surface area (Å²) in [5.74, 6) is 0. The molecule has 0 spiro atoms. The summed E-state index contributed by atoms with van der Waals surface area (Å²) in [6.45, 7) is 3.36. The number of hydrogen-bond acceptors (Lipinski definition) is 3. The minimum absolute atomic E-state index is 0.648. The SMILES string of the molecule is CNC1CCCN(Cc2cccc(N)c2)C1. The van der Waals surface area contributed by atoms with Crippen LogP contribution in [0.15, 0.2) is 24.3 Å². The largest absolute Gasteiger partial charge is 0.399 e. The van der Waals surface area contributed by atoms with Crippen molar-refractivity contribution in [3.05, 3.63) is 29.8 Å². The molecule has 1 aliphatic rings. The van der Waals surface area contributed by atoms with Crippen molar-refractivity contribution < 1.29 is 0 Å². The predicted octanol–water partition coefficient (Wildman–Crippen LogP) is 1.45. The maximum absolute atomic E-state index is 5.79. The van der Waals surface area contributed by atoms with Crippen molar-refractivity contribution in [1.29, 1.82) is 0 Å². The first kappa shape index (κ1) is 11.4. The molecule has 16 heavy (non-hydrogen) atoms. The Bertz CT molecular complexity index is 338. The Morgan fingerprint density at radius 2 is 2.38 bits per heavy atom. The number of likely N-dealkylation sites (N-methyl/N-ethyl adjacent to an activating group) is 1. The number of nitrogen functional groups attached to an aromatic ring is 1. The van der Waals surface area contributed by atoms with E-state index in [1.54, 1.807) is 0 Å². The zero-order valence-electron chi connectivity index (χ0n) is 9.95. The molecule has 1 fully saturated rings. The number of nitrogens with one attached hydrogen (secondary N) is 1. The number of nitrogens with two attached hydrogens (primary N) is 1. The molecular formula is C13H21N3. The average molecular weight is 219 g/mol. The van der Waals surface area contributed by atoms with E-state index in [1.165, 1.54) is 24.9 Å². The highest BCUT2D eigenvalue weighted by Crippen LogP contribution is 2.14. The smallest absolute Gasteiger partial charge is 0.0317 e. The number of benzene rings is 1. The lowest BCUT2D eigenvalue weighted by atomic mass is 10.0. The van der Waals surface area contributed by atoms with Crippen molar-refractivity contribution in [1.82, 2.24) is 10.2 Å². The van der Waals surface area contributed by atoms with Crippen LogP contribution < -0.4 is 11.1 Å². The van der Waals surface area contributed by atoms with Crippen molar-refractivity contribution >= 4 is 5.69 Å². The van der Waals surface area contributed by atoms with Crippen molar-refractivity contribution in [3.63, 3.8) is 0 Å². The molecular weight excluding hydrogens is 198 g/mol. The van der Waals surface area contributed by atoms with Gasteiger partial charge in [-0.05, 0) is 44.1 Å². The molecule has 2 rings (SSSR count). The van der Waals surface area contributed by atoms with Gasteiger partial charge in [0.05, 0.1) is 0 Å². The molecule has 1 aromatic carbocycles. The van der Waals surface area contributed by atoms with Crippen LogP contribution in [0, 0.1) is 0 Å². The van der Waals surface area contributed by atoms with Crippen molar-refractivity contribution in [2.75, 3.05) is 25.9 Å². The second-order valence-corrected chi connectivity index (χ2v) is 4.61. The van der Waals surface area contributed by atoms with Crippen LogP contribution in [-0.4, -0.2) is 31.1 Å². The summed E-state index contributed by atoms with van der Waals surface area (Å²) in [5.41, 5.74) is 7.96. The summed E-state index contributed by atoms with van der Waals surface area (Å²) in [7, 11) is 2.05. The maximum Gasteiger partial charge on any atom is 0.0317 e.